The predicted octanol–water partition coefficient (Wildman–Crippen LogP) is 4.08. The maximum atomic E-state index is 15.5. The number of imidazole rings is 1. The highest BCUT2D eigenvalue weighted by Crippen LogP contribution is 2.53. The number of aromatic amines is 1. The zero-order valence-electron chi connectivity index (χ0n) is 20.6. The third-order valence-electron chi connectivity index (χ3n) is 5.90. The molecule has 0 aliphatic carbocycles. The first kappa shape index (κ1) is 27.7. The van der Waals surface area contributed by atoms with Crippen LogP contribution >= 0.6 is 12.3 Å². The van der Waals surface area contributed by atoms with Crippen molar-refractivity contribution >= 4 is 46.1 Å². The van der Waals surface area contributed by atoms with Gasteiger partial charge in [-0.15, -0.1) is 3.89 Å². The lowest BCUT2D eigenvalue weighted by Gasteiger charge is -2.36. The van der Waals surface area contributed by atoms with Crippen LogP contribution in [0.4, 0.5) is 17.1 Å². The molecule has 0 radical (unpaired) electrons. The van der Waals surface area contributed by atoms with E-state index < -0.39 is 53.9 Å². The number of H-pyrrole nitrogens is 1. The fourth-order valence-corrected chi connectivity index (χ4v) is 4.75. The summed E-state index contributed by atoms with van der Waals surface area (Å²) in [5.74, 6) is -3.04. The highest BCUT2D eigenvalue weighted by atomic mass is 32.2. The minimum atomic E-state index is -5.36. The largest absolute Gasteiger partial charge is 0.496 e. The van der Waals surface area contributed by atoms with Crippen LogP contribution in [0.2, 0.25) is 0 Å². The van der Waals surface area contributed by atoms with Gasteiger partial charge in [0.05, 0.1) is 35.3 Å². The Morgan fingerprint density at radius 1 is 1.23 bits per heavy atom. The van der Waals surface area contributed by atoms with Crippen molar-refractivity contribution < 1.29 is 36.1 Å². The van der Waals surface area contributed by atoms with Crippen molar-refractivity contribution in [1.82, 2.24) is 24.8 Å². The quantitative estimate of drug-likeness (QED) is 0.228. The van der Waals surface area contributed by atoms with Crippen molar-refractivity contribution in [1.29, 1.82) is 5.26 Å². The first-order valence-electron chi connectivity index (χ1n) is 11.1. The summed E-state index contributed by atoms with van der Waals surface area (Å²) in [5.41, 5.74) is 0.483. The molecule has 0 bridgehead atoms. The zero-order chi connectivity index (χ0) is 28.5. The Hall–Kier alpha value is -4.29. The molecule has 15 heteroatoms. The van der Waals surface area contributed by atoms with Crippen LogP contribution in [0.3, 0.4) is 0 Å². The van der Waals surface area contributed by atoms with Gasteiger partial charge in [0.1, 0.15) is 12.4 Å². The van der Waals surface area contributed by atoms with Gasteiger partial charge in [-0.05, 0) is 42.8 Å². The Bertz CT molecular complexity index is 1630. The Balaban J connectivity index is 2.10. The lowest BCUT2D eigenvalue weighted by molar-refractivity contribution is -0.267. The fraction of sp³-hybridized carbons (Fsp3) is 0.250. The Morgan fingerprint density at radius 2 is 1.97 bits per heavy atom. The molecule has 2 amide bonds. The fourth-order valence-electron chi connectivity index (χ4n) is 4.29. The molecule has 0 spiro atoms. The Kier molecular flexibility index (Phi) is 7.44. The number of methoxy groups -OCH3 is 1. The van der Waals surface area contributed by atoms with Crippen molar-refractivity contribution in [2.24, 2.45) is 0 Å². The molecule has 39 heavy (non-hydrogen) atoms. The summed E-state index contributed by atoms with van der Waals surface area (Å²) in [6.07, 6.45) is -3.95. The minimum Gasteiger partial charge on any atom is -0.496 e. The number of hydrogen-bond acceptors (Lipinski definition) is 7. The average molecular weight is 565 g/mol. The first-order valence-corrected chi connectivity index (χ1v) is 11.8. The maximum Gasteiger partial charge on any atom is 0.429 e. The third kappa shape index (κ3) is 4.72. The number of ether oxygens (including phenoxy) is 2. The number of rotatable bonds is 7. The van der Waals surface area contributed by atoms with E-state index in [2.05, 4.69) is 9.97 Å². The van der Waals surface area contributed by atoms with Crippen molar-refractivity contribution in [3.8, 4) is 11.8 Å². The molecule has 0 saturated heterocycles. The second-order valence-corrected chi connectivity index (χ2v) is 8.85. The molecule has 0 aliphatic heterocycles. The molecule has 1 unspecified atom stereocenters. The number of aryl methyl sites for hydroxylation is 1. The molecule has 4 aromatic rings. The number of halogens is 4. The summed E-state index contributed by atoms with van der Waals surface area (Å²) in [6.45, 7) is 1.50. The van der Waals surface area contributed by atoms with Crippen molar-refractivity contribution in [2.45, 2.75) is 25.6 Å². The zero-order valence-corrected chi connectivity index (χ0v) is 21.4. The maximum absolute atomic E-state index is 15.5. The van der Waals surface area contributed by atoms with E-state index in [4.69, 9.17) is 9.47 Å². The Labute approximate surface area is 222 Å². The number of nitrogens with zero attached hydrogens (tertiary/aromatic N) is 3. The van der Waals surface area contributed by atoms with E-state index in [1.54, 1.807) is 6.92 Å². The molecule has 4 rings (SSSR count). The lowest BCUT2D eigenvalue weighted by atomic mass is 9.87. The van der Waals surface area contributed by atoms with E-state index in [0.717, 1.165) is 14.0 Å². The molecule has 2 heterocycles. The highest BCUT2D eigenvalue weighted by molar-refractivity contribution is 7.93. The number of fused-ring (bicyclic) bond motifs is 2. The SMILES string of the molecule is COc1cc(C)c2[nH]ccc2c1C(OCC(=O)NNC(C)=O)(c1nc2cc(C#N)ccc2n1SF)C(F)(F)F. The summed E-state index contributed by atoms with van der Waals surface area (Å²) in [5, 5.41) is 9.28. The summed E-state index contributed by atoms with van der Waals surface area (Å²) >= 11 is -0.560. The molecule has 1 atom stereocenters. The monoisotopic (exact) mass is 564 g/mol. The summed E-state index contributed by atoms with van der Waals surface area (Å²) < 4.78 is 72.4. The van der Waals surface area contributed by atoms with E-state index in [1.165, 1.54) is 36.5 Å². The van der Waals surface area contributed by atoms with Crippen LogP contribution in [-0.2, 0) is 19.9 Å². The minimum absolute atomic E-state index is 0.0200. The number of nitrogens with one attached hydrogen (secondary N) is 3. The summed E-state index contributed by atoms with van der Waals surface area (Å²) in [7, 11) is 1.16. The molecular formula is C24H20F4N6O4S. The normalized spacial score (nSPS) is 13.2. The molecule has 10 nitrogen and oxygen atoms in total. The topological polar surface area (TPSA) is 134 Å². The summed E-state index contributed by atoms with van der Waals surface area (Å²) in [6, 6.07) is 8.32. The number of carbonyl (C=O) groups excluding carboxylic acids is 2. The molecular weight excluding hydrogens is 544 g/mol. The number of hydrogen-bond donors (Lipinski definition) is 3. The van der Waals surface area contributed by atoms with Gasteiger partial charge in [-0.3, -0.25) is 20.4 Å². The molecule has 204 valence electrons. The van der Waals surface area contributed by atoms with Crippen molar-refractivity contribution in [3.05, 3.63) is 59.0 Å². The van der Waals surface area contributed by atoms with E-state index in [9.17, 15) is 18.7 Å². The number of aromatic nitrogens is 3. The molecule has 0 aliphatic rings. The molecule has 0 saturated carbocycles. The lowest BCUT2D eigenvalue weighted by Crippen LogP contribution is -2.51. The third-order valence-corrected chi connectivity index (χ3v) is 6.41. The smallest absolute Gasteiger partial charge is 0.429 e. The van der Waals surface area contributed by atoms with E-state index >= 15 is 13.2 Å². The van der Waals surface area contributed by atoms with Crippen molar-refractivity contribution in [3.63, 3.8) is 0 Å². The number of nitriles is 1. The van der Waals surface area contributed by atoms with Crippen LogP contribution in [0.15, 0.2) is 36.5 Å². The number of alkyl halides is 3. The van der Waals surface area contributed by atoms with Gasteiger partial charge in [0.25, 0.3) is 11.5 Å². The van der Waals surface area contributed by atoms with Gasteiger partial charge in [0.15, 0.2) is 18.2 Å². The number of hydrazine groups is 1. The van der Waals surface area contributed by atoms with Crippen LogP contribution in [0.25, 0.3) is 21.9 Å². The highest BCUT2D eigenvalue weighted by Gasteiger charge is 2.64. The number of amides is 2. The van der Waals surface area contributed by atoms with Crippen LogP contribution < -0.4 is 15.6 Å². The van der Waals surface area contributed by atoms with Gasteiger partial charge in [0, 0.05) is 24.0 Å². The molecule has 0 fully saturated rings. The van der Waals surface area contributed by atoms with Crippen LogP contribution in [0.1, 0.15) is 29.4 Å². The molecule has 3 N–H and O–H groups in total. The van der Waals surface area contributed by atoms with E-state index in [-0.39, 0.29) is 27.7 Å². The number of carbonyl (C=O) groups is 2. The molecule has 2 aromatic carbocycles. The average Bonchev–Trinajstić information content (AvgIpc) is 3.52. The second-order valence-electron chi connectivity index (χ2n) is 8.35. The van der Waals surface area contributed by atoms with Gasteiger partial charge in [-0.25, -0.2) is 8.96 Å². The van der Waals surface area contributed by atoms with Crippen molar-refractivity contribution in [2.75, 3.05) is 13.7 Å². The van der Waals surface area contributed by atoms with E-state index in [0.29, 0.717) is 15.1 Å². The van der Waals surface area contributed by atoms with Gasteiger partial charge >= 0.3 is 6.18 Å². The summed E-state index contributed by atoms with van der Waals surface area (Å²) in [4.78, 5) is 30.6. The van der Waals surface area contributed by atoms with Gasteiger partial charge in [-0.1, -0.05) is 0 Å². The van der Waals surface area contributed by atoms with E-state index in [1.807, 2.05) is 16.9 Å². The van der Waals surface area contributed by atoms with Gasteiger partial charge in [0.2, 0.25) is 5.91 Å². The standard InChI is InChI=1S/C24H20F4N6O4S/c1-12-8-18(37-3)20(15-6-7-30-21(12)15)23(24(25,26)27,38-11-19(36)33-32-13(2)35)22-31-16-9-14(10-29)4-5-17(16)34(22)39-28/h4-9,30H,11H2,1-3H3,(H,32,35)(H,33,36). The first-order chi connectivity index (χ1) is 18.5. The van der Waals surface area contributed by atoms with Crippen LogP contribution in [-0.4, -0.2) is 45.6 Å². The van der Waals surface area contributed by atoms with Gasteiger partial charge in [-0.2, -0.15) is 18.4 Å². The second kappa shape index (κ2) is 10.5. The molecule has 2 aromatic heterocycles. The Morgan fingerprint density at radius 3 is 2.59 bits per heavy atom. The predicted molar refractivity (Wildman–Crippen MR) is 133 cm³/mol. The van der Waals surface area contributed by atoms with Crippen LogP contribution in [0.5, 0.6) is 5.75 Å². The number of benzene rings is 2. The van der Waals surface area contributed by atoms with Crippen LogP contribution in [0, 0.1) is 18.3 Å². The van der Waals surface area contributed by atoms with Gasteiger partial charge < -0.3 is 14.5 Å².